The number of hydrogen-bond donors (Lipinski definition) is 2. The van der Waals surface area contributed by atoms with Gasteiger partial charge < -0.3 is 10.6 Å². The van der Waals surface area contributed by atoms with Crippen LogP contribution in [-0.4, -0.2) is 10.9 Å². The van der Waals surface area contributed by atoms with Crippen LogP contribution in [-0.2, 0) is 11.3 Å². The molecule has 2 aromatic rings. The number of hydrogen-bond acceptors (Lipinski definition) is 4. The number of nitrogens with one attached hydrogen (secondary N) is 2. The molecule has 1 heterocycles. The Morgan fingerprint density at radius 2 is 1.91 bits per heavy atom. The molecule has 22 heavy (non-hydrogen) atoms. The van der Waals surface area contributed by atoms with Crippen molar-refractivity contribution in [3.8, 4) is 6.07 Å². The summed E-state index contributed by atoms with van der Waals surface area (Å²) in [5.41, 5.74) is 1.32. The van der Waals surface area contributed by atoms with E-state index in [4.69, 9.17) is 5.26 Å². The summed E-state index contributed by atoms with van der Waals surface area (Å²) in [6.07, 6.45) is 4.67. The maximum Gasteiger partial charge on any atom is 0.267 e. The van der Waals surface area contributed by atoms with Gasteiger partial charge in [0.25, 0.3) is 5.91 Å². The quantitative estimate of drug-likeness (QED) is 0.656. The molecule has 110 valence electrons. The molecular weight excluding hydrogens is 283 g/mol. The first-order chi connectivity index (χ1) is 10.7. The van der Waals surface area contributed by atoms with Gasteiger partial charge in [0.05, 0.1) is 0 Å². The average Bonchev–Trinajstić information content (AvgIpc) is 2.54. The Kier molecular flexibility index (Phi) is 5.21. The number of nitrogens with zero attached hydrogens (tertiary/aromatic N) is 2. The smallest absolute Gasteiger partial charge is 0.267 e. The van der Waals surface area contributed by atoms with E-state index in [0.29, 0.717) is 12.2 Å². The minimum absolute atomic E-state index is 0.0709. The van der Waals surface area contributed by atoms with Crippen molar-refractivity contribution >= 4 is 11.6 Å². The number of carbonyl (C=O) groups is 1. The maximum absolute atomic E-state index is 12.8. The summed E-state index contributed by atoms with van der Waals surface area (Å²) in [6, 6.07) is 10.8. The lowest BCUT2D eigenvalue weighted by atomic mass is 10.2. The highest BCUT2D eigenvalue weighted by Gasteiger charge is 2.09. The van der Waals surface area contributed by atoms with E-state index in [-0.39, 0.29) is 5.57 Å². The number of carbonyl (C=O) groups excluding carboxylic acids is 1. The Bertz CT molecular complexity index is 705. The Morgan fingerprint density at radius 3 is 2.55 bits per heavy atom. The van der Waals surface area contributed by atoms with E-state index in [1.54, 1.807) is 12.4 Å². The number of pyridine rings is 1. The van der Waals surface area contributed by atoms with Gasteiger partial charge in [-0.1, -0.05) is 0 Å². The van der Waals surface area contributed by atoms with Crippen molar-refractivity contribution in [2.24, 2.45) is 0 Å². The SMILES string of the molecule is N#C/C(=C/NCc1ccncc1)C(=O)Nc1ccc(F)cc1. The fraction of sp³-hybridized carbons (Fsp3) is 0.0625. The molecule has 5 nitrogen and oxygen atoms in total. The molecule has 0 bridgehead atoms. The lowest BCUT2D eigenvalue weighted by Gasteiger charge is -2.05. The molecule has 2 N–H and O–H groups in total. The lowest BCUT2D eigenvalue weighted by molar-refractivity contribution is -0.112. The van der Waals surface area contributed by atoms with E-state index < -0.39 is 11.7 Å². The molecular formula is C16H13FN4O. The third kappa shape index (κ3) is 4.42. The van der Waals surface area contributed by atoms with Crippen molar-refractivity contribution in [3.63, 3.8) is 0 Å². The zero-order valence-electron chi connectivity index (χ0n) is 11.6. The van der Waals surface area contributed by atoms with Gasteiger partial charge in [-0.05, 0) is 42.0 Å². The predicted molar refractivity (Wildman–Crippen MR) is 79.8 cm³/mol. The van der Waals surface area contributed by atoms with Crippen molar-refractivity contribution in [1.29, 1.82) is 5.26 Å². The first-order valence-electron chi connectivity index (χ1n) is 6.48. The topological polar surface area (TPSA) is 77.8 Å². The van der Waals surface area contributed by atoms with Crippen LogP contribution in [0.15, 0.2) is 60.6 Å². The molecule has 0 radical (unpaired) electrons. The predicted octanol–water partition coefficient (Wildman–Crippen LogP) is 2.36. The lowest BCUT2D eigenvalue weighted by Crippen LogP contribution is -2.16. The van der Waals surface area contributed by atoms with Crippen molar-refractivity contribution in [2.75, 3.05) is 5.32 Å². The largest absolute Gasteiger partial charge is 0.386 e. The Hall–Kier alpha value is -3.20. The number of nitriles is 1. The van der Waals surface area contributed by atoms with Crippen molar-refractivity contribution in [1.82, 2.24) is 10.3 Å². The maximum atomic E-state index is 12.8. The Morgan fingerprint density at radius 1 is 1.23 bits per heavy atom. The number of aromatic nitrogens is 1. The van der Waals surface area contributed by atoms with Gasteiger partial charge in [-0.2, -0.15) is 5.26 Å². The fourth-order valence-electron chi connectivity index (χ4n) is 1.65. The van der Waals surface area contributed by atoms with Gasteiger partial charge in [0.15, 0.2) is 0 Å². The summed E-state index contributed by atoms with van der Waals surface area (Å²) >= 11 is 0. The molecule has 2 rings (SSSR count). The average molecular weight is 296 g/mol. The molecule has 0 unspecified atom stereocenters. The fourth-order valence-corrected chi connectivity index (χ4v) is 1.65. The molecule has 0 aliphatic heterocycles. The highest BCUT2D eigenvalue weighted by Crippen LogP contribution is 2.09. The first kappa shape index (κ1) is 15.2. The summed E-state index contributed by atoms with van der Waals surface area (Å²) in [7, 11) is 0. The van der Waals surface area contributed by atoms with E-state index in [2.05, 4.69) is 15.6 Å². The summed E-state index contributed by atoms with van der Waals surface area (Å²) in [4.78, 5) is 15.8. The van der Waals surface area contributed by atoms with E-state index in [1.807, 2.05) is 18.2 Å². The van der Waals surface area contributed by atoms with Gasteiger partial charge in [-0.15, -0.1) is 0 Å². The third-order valence-electron chi connectivity index (χ3n) is 2.77. The third-order valence-corrected chi connectivity index (χ3v) is 2.77. The second kappa shape index (κ2) is 7.55. The molecule has 0 spiro atoms. The molecule has 0 atom stereocenters. The standard InChI is InChI=1S/C16H13FN4O/c17-14-1-3-15(4-2-14)21-16(22)13(9-18)11-20-10-12-5-7-19-8-6-12/h1-8,11,20H,10H2,(H,21,22)/b13-11-. The van der Waals surface area contributed by atoms with Crippen LogP contribution < -0.4 is 10.6 Å². The molecule has 0 saturated carbocycles. The first-order valence-corrected chi connectivity index (χ1v) is 6.48. The normalized spacial score (nSPS) is 10.6. The zero-order chi connectivity index (χ0) is 15.8. The van der Waals surface area contributed by atoms with Crippen LogP contribution in [0.2, 0.25) is 0 Å². The van der Waals surface area contributed by atoms with E-state index in [9.17, 15) is 9.18 Å². The van der Waals surface area contributed by atoms with Crippen LogP contribution in [0.4, 0.5) is 10.1 Å². The van der Waals surface area contributed by atoms with Crippen LogP contribution in [0.5, 0.6) is 0 Å². The molecule has 6 heteroatoms. The Labute approximate surface area is 127 Å². The molecule has 0 aliphatic rings. The molecule has 0 aliphatic carbocycles. The number of benzene rings is 1. The van der Waals surface area contributed by atoms with Gasteiger partial charge in [0, 0.05) is 30.8 Å². The summed E-state index contributed by atoms with van der Waals surface area (Å²) in [5.74, 6) is -0.954. The monoisotopic (exact) mass is 296 g/mol. The Balaban J connectivity index is 1.95. The highest BCUT2D eigenvalue weighted by molar-refractivity contribution is 6.06. The van der Waals surface area contributed by atoms with Crippen LogP contribution in [0, 0.1) is 17.1 Å². The number of halogens is 1. The van der Waals surface area contributed by atoms with Crippen LogP contribution in [0.3, 0.4) is 0 Å². The minimum Gasteiger partial charge on any atom is -0.386 e. The van der Waals surface area contributed by atoms with Crippen LogP contribution in [0.1, 0.15) is 5.56 Å². The molecule has 0 saturated heterocycles. The highest BCUT2D eigenvalue weighted by atomic mass is 19.1. The molecule has 1 amide bonds. The number of amides is 1. The zero-order valence-corrected chi connectivity index (χ0v) is 11.6. The second-order valence-electron chi connectivity index (χ2n) is 4.37. The van der Waals surface area contributed by atoms with Gasteiger partial charge in [0.2, 0.25) is 0 Å². The summed E-state index contributed by atoms with van der Waals surface area (Å²) in [5, 5.41) is 14.4. The van der Waals surface area contributed by atoms with Gasteiger partial charge >= 0.3 is 0 Å². The van der Waals surface area contributed by atoms with Gasteiger partial charge in [-0.25, -0.2) is 4.39 Å². The van der Waals surface area contributed by atoms with Crippen LogP contribution >= 0.6 is 0 Å². The number of anilines is 1. The van der Waals surface area contributed by atoms with Gasteiger partial charge in [-0.3, -0.25) is 9.78 Å². The van der Waals surface area contributed by atoms with Crippen molar-refractivity contribution in [2.45, 2.75) is 6.54 Å². The van der Waals surface area contributed by atoms with Crippen molar-refractivity contribution < 1.29 is 9.18 Å². The second-order valence-corrected chi connectivity index (χ2v) is 4.37. The van der Waals surface area contributed by atoms with Crippen molar-refractivity contribution in [3.05, 3.63) is 71.9 Å². The molecule has 1 aromatic carbocycles. The summed E-state index contributed by atoms with van der Waals surface area (Å²) < 4.78 is 12.8. The molecule has 1 aromatic heterocycles. The van der Waals surface area contributed by atoms with E-state index in [0.717, 1.165) is 5.56 Å². The minimum atomic E-state index is -0.559. The molecule has 0 fully saturated rings. The number of rotatable bonds is 5. The van der Waals surface area contributed by atoms with Gasteiger partial charge in [0.1, 0.15) is 17.5 Å². The van der Waals surface area contributed by atoms with E-state index >= 15 is 0 Å². The summed E-state index contributed by atoms with van der Waals surface area (Å²) in [6.45, 7) is 0.470. The van der Waals surface area contributed by atoms with Crippen LogP contribution in [0.25, 0.3) is 0 Å². The van der Waals surface area contributed by atoms with E-state index in [1.165, 1.54) is 30.5 Å².